The Morgan fingerprint density at radius 1 is 1.04 bits per heavy atom. The molecule has 0 heterocycles. The van der Waals surface area contributed by atoms with Gasteiger partial charge in [-0.3, -0.25) is 5.43 Å². The van der Waals surface area contributed by atoms with Crippen LogP contribution in [0.15, 0.2) is 70.8 Å². The first-order chi connectivity index (χ1) is 12.6. The predicted octanol–water partition coefficient (Wildman–Crippen LogP) is 3.89. The fraction of sp³-hybridized carbons (Fsp3) is 0.400. The minimum absolute atomic E-state index is 0.430. The summed E-state index contributed by atoms with van der Waals surface area (Å²) in [4.78, 5) is 11.9. The first kappa shape index (κ1) is 20.4. The number of aliphatic hydroxyl groups excluding tert-OH is 1. The standard InChI is InChI=1S/C20H27N3O2S/c1-16(2)14-23(26-18-11-7-4-8-12-18)15-20(24)19(21-22-25)13-17-9-5-3-6-10-17/h3-12,16,19-20,24H,13-15H2,1-2H3,(H,21,25)/t19-,20+/m0/s1. The van der Waals surface area contributed by atoms with E-state index in [2.05, 4.69) is 41.0 Å². The molecule has 0 aliphatic heterocycles. The number of benzene rings is 2. The maximum absolute atomic E-state index is 10.8. The summed E-state index contributed by atoms with van der Waals surface area (Å²) in [6.07, 6.45) is -0.179. The van der Waals surface area contributed by atoms with Gasteiger partial charge >= 0.3 is 0 Å². The van der Waals surface area contributed by atoms with E-state index >= 15 is 0 Å². The SMILES string of the molecule is CC(C)CN(C[C@@H](O)[C@H](Cc1ccccc1)NN=O)Sc1ccccc1. The van der Waals surface area contributed by atoms with Gasteiger partial charge < -0.3 is 5.11 Å². The molecule has 2 aromatic carbocycles. The summed E-state index contributed by atoms with van der Waals surface area (Å²) in [5.41, 5.74) is 3.59. The molecule has 0 saturated heterocycles. The predicted molar refractivity (Wildman–Crippen MR) is 108 cm³/mol. The molecule has 2 atom stereocenters. The Hall–Kier alpha value is -1.89. The smallest absolute Gasteiger partial charge is 0.0898 e. The molecule has 0 unspecified atom stereocenters. The lowest BCUT2D eigenvalue weighted by atomic mass is 10.0. The van der Waals surface area contributed by atoms with Crippen LogP contribution in [0.5, 0.6) is 0 Å². The molecule has 6 heteroatoms. The van der Waals surface area contributed by atoms with E-state index in [0.29, 0.717) is 18.9 Å². The summed E-state index contributed by atoms with van der Waals surface area (Å²) in [6, 6.07) is 19.5. The molecule has 2 N–H and O–H groups in total. The van der Waals surface area contributed by atoms with Crippen LogP contribution in [-0.2, 0) is 6.42 Å². The maximum atomic E-state index is 10.8. The molecule has 5 nitrogen and oxygen atoms in total. The van der Waals surface area contributed by atoms with Gasteiger partial charge in [-0.15, -0.1) is 4.91 Å². The molecule has 0 aromatic heterocycles. The highest BCUT2D eigenvalue weighted by atomic mass is 32.2. The van der Waals surface area contributed by atoms with Crippen molar-refractivity contribution in [3.8, 4) is 0 Å². The Balaban J connectivity index is 2.03. The molecule has 0 spiro atoms. The van der Waals surface area contributed by atoms with Crippen molar-refractivity contribution < 1.29 is 5.11 Å². The van der Waals surface area contributed by atoms with Gasteiger partial charge in [-0.05, 0) is 42.0 Å². The molecular formula is C20H27N3O2S. The zero-order valence-electron chi connectivity index (χ0n) is 15.3. The normalized spacial score (nSPS) is 13.6. The molecule has 0 saturated carbocycles. The molecule has 26 heavy (non-hydrogen) atoms. The summed E-state index contributed by atoms with van der Waals surface area (Å²) in [6.45, 7) is 5.58. The molecule has 0 amide bonds. The lowest BCUT2D eigenvalue weighted by Gasteiger charge is -2.29. The van der Waals surface area contributed by atoms with Gasteiger partial charge in [0.05, 0.1) is 12.1 Å². The van der Waals surface area contributed by atoms with Crippen molar-refractivity contribution in [3.63, 3.8) is 0 Å². The Bertz CT molecular complexity index is 640. The van der Waals surface area contributed by atoms with Gasteiger partial charge in [0.2, 0.25) is 0 Å². The van der Waals surface area contributed by atoms with E-state index in [9.17, 15) is 10.0 Å². The summed E-state index contributed by atoms with van der Waals surface area (Å²) in [5, 5.41) is 13.6. The summed E-state index contributed by atoms with van der Waals surface area (Å²) < 4.78 is 2.15. The van der Waals surface area contributed by atoms with Crippen LogP contribution in [-0.4, -0.2) is 34.6 Å². The monoisotopic (exact) mass is 373 g/mol. The summed E-state index contributed by atoms with van der Waals surface area (Å²) in [7, 11) is 0. The molecule has 0 bridgehead atoms. The van der Waals surface area contributed by atoms with Crippen LogP contribution in [0.3, 0.4) is 0 Å². The van der Waals surface area contributed by atoms with E-state index in [-0.39, 0.29) is 0 Å². The van der Waals surface area contributed by atoms with E-state index in [1.807, 2.05) is 48.5 Å². The van der Waals surface area contributed by atoms with Crippen LogP contribution >= 0.6 is 11.9 Å². The zero-order chi connectivity index (χ0) is 18.8. The summed E-state index contributed by atoms with van der Waals surface area (Å²) in [5.74, 6) is 0.461. The number of rotatable bonds is 11. The van der Waals surface area contributed by atoms with Crippen molar-refractivity contribution in [3.05, 3.63) is 71.1 Å². The Labute approximate surface area is 159 Å². The minimum atomic E-state index is -0.720. The first-order valence-corrected chi connectivity index (χ1v) is 9.63. The molecule has 0 aliphatic carbocycles. The third-order valence-electron chi connectivity index (χ3n) is 3.92. The van der Waals surface area contributed by atoms with Crippen LogP contribution in [0.4, 0.5) is 0 Å². The van der Waals surface area contributed by atoms with Crippen LogP contribution in [0.2, 0.25) is 0 Å². The summed E-state index contributed by atoms with van der Waals surface area (Å²) >= 11 is 1.62. The fourth-order valence-corrected chi connectivity index (χ4v) is 3.90. The molecule has 140 valence electrons. The number of nitrogens with one attached hydrogen (secondary N) is 1. The van der Waals surface area contributed by atoms with Gasteiger partial charge in [-0.2, -0.15) is 0 Å². The van der Waals surface area contributed by atoms with E-state index in [1.54, 1.807) is 11.9 Å². The molecule has 0 aliphatic rings. The van der Waals surface area contributed by atoms with Gasteiger partial charge in [0.15, 0.2) is 0 Å². The van der Waals surface area contributed by atoms with Gasteiger partial charge in [0, 0.05) is 23.3 Å². The molecular weight excluding hydrogens is 346 g/mol. The number of hydrogen-bond donors (Lipinski definition) is 2. The molecule has 2 aromatic rings. The third kappa shape index (κ3) is 7.15. The lowest BCUT2D eigenvalue weighted by molar-refractivity contribution is 0.105. The van der Waals surface area contributed by atoms with Gasteiger partial charge in [-0.1, -0.05) is 62.4 Å². The number of hydrogen-bond acceptors (Lipinski definition) is 5. The zero-order valence-corrected chi connectivity index (χ0v) is 16.1. The first-order valence-electron chi connectivity index (χ1n) is 8.86. The van der Waals surface area contributed by atoms with Gasteiger partial charge in [0.1, 0.15) is 0 Å². The van der Waals surface area contributed by atoms with E-state index in [4.69, 9.17) is 0 Å². The lowest BCUT2D eigenvalue weighted by Crippen LogP contribution is -2.44. The van der Waals surface area contributed by atoms with Crippen LogP contribution in [0.25, 0.3) is 0 Å². The highest BCUT2D eigenvalue weighted by Gasteiger charge is 2.23. The average Bonchev–Trinajstić information content (AvgIpc) is 2.62. The second-order valence-electron chi connectivity index (χ2n) is 6.73. The highest BCUT2D eigenvalue weighted by molar-refractivity contribution is 7.97. The average molecular weight is 374 g/mol. The van der Waals surface area contributed by atoms with Crippen molar-refractivity contribution in [1.82, 2.24) is 9.73 Å². The van der Waals surface area contributed by atoms with Gasteiger partial charge in [0.25, 0.3) is 0 Å². The van der Waals surface area contributed by atoms with Crippen molar-refractivity contribution in [2.45, 2.75) is 37.3 Å². The third-order valence-corrected chi connectivity index (χ3v) is 4.96. The van der Waals surface area contributed by atoms with Gasteiger partial charge in [-0.25, -0.2) is 4.31 Å². The van der Waals surface area contributed by atoms with Crippen LogP contribution < -0.4 is 5.43 Å². The second-order valence-corrected chi connectivity index (χ2v) is 7.90. The minimum Gasteiger partial charge on any atom is -0.390 e. The van der Waals surface area contributed by atoms with Crippen molar-refractivity contribution in [2.24, 2.45) is 11.2 Å². The van der Waals surface area contributed by atoms with Crippen LogP contribution in [0, 0.1) is 10.8 Å². The van der Waals surface area contributed by atoms with Crippen molar-refractivity contribution >= 4 is 11.9 Å². The van der Waals surface area contributed by atoms with Crippen molar-refractivity contribution in [1.29, 1.82) is 0 Å². The highest BCUT2D eigenvalue weighted by Crippen LogP contribution is 2.24. The van der Waals surface area contributed by atoms with E-state index < -0.39 is 12.1 Å². The topological polar surface area (TPSA) is 64.9 Å². The fourth-order valence-electron chi connectivity index (χ4n) is 2.73. The second kappa shape index (κ2) is 11.0. The Kier molecular flexibility index (Phi) is 8.61. The van der Waals surface area contributed by atoms with Crippen molar-refractivity contribution in [2.75, 3.05) is 13.1 Å². The number of aliphatic hydroxyl groups is 1. The molecule has 0 radical (unpaired) electrons. The largest absolute Gasteiger partial charge is 0.390 e. The number of nitroso groups, excluding NO2 is 1. The quantitative estimate of drug-likeness (QED) is 0.355. The Morgan fingerprint density at radius 2 is 1.65 bits per heavy atom. The Morgan fingerprint density at radius 3 is 2.23 bits per heavy atom. The molecule has 0 fully saturated rings. The van der Waals surface area contributed by atoms with Crippen LogP contribution in [0.1, 0.15) is 19.4 Å². The molecule has 2 rings (SSSR count). The maximum Gasteiger partial charge on any atom is 0.0898 e. The van der Waals surface area contributed by atoms with E-state index in [1.165, 1.54) is 0 Å². The number of nitrogens with zero attached hydrogens (tertiary/aromatic N) is 2. The van der Waals surface area contributed by atoms with E-state index in [0.717, 1.165) is 17.0 Å².